The third kappa shape index (κ3) is 7.63. The number of hydrogen-bond donors (Lipinski definition) is 2. The lowest BCUT2D eigenvalue weighted by molar-refractivity contribution is -0.274. The second kappa shape index (κ2) is 12.3. The molecule has 1 aromatic heterocycles. The van der Waals surface area contributed by atoms with Crippen molar-refractivity contribution in [2.45, 2.75) is 32.2 Å². The van der Waals surface area contributed by atoms with Gasteiger partial charge in [0.25, 0.3) is 5.91 Å². The second-order valence-electron chi connectivity index (χ2n) is 9.05. The van der Waals surface area contributed by atoms with E-state index in [1.165, 1.54) is 24.3 Å². The molecule has 1 unspecified atom stereocenters. The molecule has 0 spiro atoms. The average molecular weight is 572 g/mol. The number of alkyl halides is 3. The van der Waals surface area contributed by atoms with Gasteiger partial charge in [0.15, 0.2) is 0 Å². The van der Waals surface area contributed by atoms with Crippen LogP contribution in [0.15, 0.2) is 78.9 Å². The molecule has 0 aliphatic rings. The van der Waals surface area contributed by atoms with E-state index in [1.54, 1.807) is 41.1 Å². The van der Waals surface area contributed by atoms with Crippen molar-refractivity contribution in [3.8, 4) is 17.0 Å². The minimum absolute atomic E-state index is 0.0218. The maximum atomic E-state index is 12.6. The number of hydrogen-bond acceptors (Lipinski definition) is 4. The number of carboxylic acid groups (broad SMARTS) is 1. The summed E-state index contributed by atoms with van der Waals surface area (Å²) in [6.45, 7) is 2.34. The monoisotopic (exact) mass is 571 g/mol. The molecule has 40 heavy (non-hydrogen) atoms. The zero-order valence-electron chi connectivity index (χ0n) is 21.3. The largest absolute Gasteiger partial charge is 0.573 e. The van der Waals surface area contributed by atoms with E-state index in [9.17, 15) is 22.8 Å². The molecule has 0 saturated heterocycles. The zero-order chi connectivity index (χ0) is 28.9. The first kappa shape index (κ1) is 28.7. The number of nitrogens with one attached hydrogen (secondary N) is 1. The standard InChI is InChI=1S/C29H25ClF3N3O4/c1-18(20-6-10-23(30)11-7-20)25-16-26(21-8-12-24(13-9-21)40-29(31,32)33)36(35-25)17-19-2-4-22(5-3-19)28(39)34-15-14-27(37)38/h2-13,16,18H,14-15,17H2,1H3,(H,34,39)(H,37,38). The first-order valence-electron chi connectivity index (χ1n) is 12.3. The van der Waals surface area contributed by atoms with Crippen molar-refractivity contribution in [3.05, 3.63) is 106 Å². The van der Waals surface area contributed by atoms with Gasteiger partial charge in [-0.25, -0.2) is 0 Å². The van der Waals surface area contributed by atoms with Crippen molar-refractivity contribution in [2.75, 3.05) is 6.54 Å². The highest BCUT2D eigenvalue weighted by Gasteiger charge is 2.31. The summed E-state index contributed by atoms with van der Waals surface area (Å²) >= 11 is 6.03. The Balaban J connectivity index is 1.60. The smallest absolute Gasteiger partial charge is 0.481 e. The summed E-state index contributed by atoms with van der Waals surface area (Å²) in [7, 11) is 0. The number of amides is 1. The van der Waals surface area contributed by atoms with Gasteiger partial charge in [0, 0.05) is 28.6 Å². The number of halogens is 4. The van der Waals surface area contributed by atoms with Gasteiger partial charge < -0.3 is 15.2 Å². The van der Waals surface area contributed by atoms with Crippen molar-refractivity contribution in [1.82, 2.24) is 15.1 Å². The summed E-state index contributed by atoms with van der Waals surface area (Å²) in [4.78, 5) is 22.9. The number of carboxylic acids is 1. The van der Waals surface area contributed by atoms with Crippen molar-refractivity contribution in [3.63, 3.8) is 0 Å². The molecule has 4 rings (SSSR count). The van der Waals surface area contributed by atoms with E-state index in [4.69, 9.17) is 21.8 Å². The maximum absolute atomic E-state index is 12.6. The Kier molecular flexibility index (Phi) is 8.79. The molecule has 0 aliphatic carbocycles. The predicted molar refractivity (Wildman–Crippen MR) is 143 cm³/mol. The van der Waals surface area contributed by atoms with E-state index < -0.39 is 12.3 Å². The molecule has 0 bridgehead atoms. The summed E-state index contributed by atoms with van der Waals surface area (Å²) in [5, 5.41) is 16.7. The number of ether oxygens (including phenoxy) is 1. The number of aliphatic carboxylic acids is 1. The van der Waals surface area contributed by atoms with Crippen LogP contribution >= 0.6 is 11.6 Å². The second-order valence-corrected chi connectivity index (χ2v) is 9.49. The van der Waals surface area contributed by atoms with Crippen LogP contribution in [0.5, 0.6) is 5.75 Å². The van der Waals surface area contributed by atoms with Gasteiger partial charge in [-0.2, -0.15) is 5.10 Å². The number of aromatic nitrogens is 2. The molecule has 3 aromatic carbocycles. The number of nitrogens with zero attached hydrogens (tertiary/aromatic N) is 2. The van der Waals surface area contributed by atoms with E-state index in [1.807, 2.05) is 25.1 Å². The number of carbonyl (C=O) groups excluding carboxylic acids is 1. The fourth-order valence-corrected chi connectivity index (χ4v) is 4.20. The number of benzene rings is 3. The summed E-state index contributed by atoms with van der Waals surface area (Å²) in [6, 6.07) is 21.7. The van der Waals surface area contributed by atoms with Crippen LogP contribution in [0.1, 0.15) is 46.4 Å². The molecule has 0 saturated carbocycles. The van der Waals surface area contributed by atoms with Crippen LogP contribution in [0.3, 0.4) is 0 Å². The normalized spacial score (nSPS) is 12.1. The van der Waals surface area contributed by atoms with Crippen LogP contribution in [-0.2, 0) is 11.3 Å². The third-order valence-electron chi connectivity index (χ3n) is 6.17. The van der Waals surface area contributed by atoms with E-state index >= 15 is 0 Å². The Bertz CT molecular complexity index is 1470. The Morgan fingerprint density at radius 3 is 2.27 bits per heavy atom. The van der Waals surface area contributed by atoms with Crippen molar-refractivity contribution < 1.29 is 32.6 Å². The van der Waals surface area contributed by atoms with Crippen LogP contribution in [0.2, 0.25) is 5.02 Å². The van der Waals surface area contributed by atoms with Gasteiger partial charge in [0.05, 0.1) is 24.4 Å². The highest BCUT2D eigenvalue weighted by molar-refractivity contribution is 6.30. The molecule has 0 fully saturated rings. The first-order valence-corrected chi connectivity index (χ1v) is 12.6. The fraction of sp³-hybridized carbons (Fsp3) is 0.207. The Labute approximate surface area is 233 Å². The van der Waals surface area contributed by atoms with E-state index in [2.05, 4.69) is 10.1 Å². The van der Waals surface area contributed by atoms with Gasteiger partial charge in [-0.05, 0) is 65.7 Å². The van der Waals surface area contributed by atoms with Crippen molar-refractivity contribution in [1.29, 1.82) is 0 Å². The number of rotatable bonds is 10. The third-order valence-corrected chi connectivity index (χ3v) is 6.42. The Morgan fingerprint density at radius 1 is 1.02 bits per heavy atom. The average Bonchev–Trinajstić information content (AvgIpc) is 3.32. The van der Waals surface area contributed by atoms with Gasteiger partial charge in [-0.15, -0.1) is 13.2 Å². The van der Waals surface area contributed by atoms with Gasteiger partial charge in [0.1, 0.15) is 5.75 Å². The Morgan fingerprint density at radius 2 is 1.68 bits per heavy atom. The van der Waals surface area contributed by atoms with Crippen LogP contribution < -0.4 is 10.1 Å². The summed E-state index contributed by atoms with van der Waals surface area (Å²) in [6.07, 6.45) is -4.96. The van der Waals surface area contributed by atoms with Gasteiger partial charge in [-0.3, -0.25) is 14.3 Å². The van der Waals surface area contributed by atoms with Gasteiger partial charge in [-0.1, -0.05) is 42.8 Å². The summed E-state index contributed by atoms with van der Waals surface area (Å²) in [5.41, 5.74) is 4.28. The topological polar surface area (TPSA) is 93.5 Å². The minimum atomic E-state index is -4.79. The molecule has 1 atom stereocenters. The highest BCUT2D eigenvalue weighted by Crippen LogP contribution is 2.31. The lowest BCUT2D eigenvalue weighted by atomic mass is 9.97. The predicted octanol–water partition coefficient (Wildman–Crippen LogP) is 6.51. The van der Waals surface area contributed by atoms with Crippen LogP contribution in [0.25, 0.3) is 11.3 Å². The van der Waals surface area contributed by atoms with Crippen LogP contribution in [0, 0.1) is 0 Å². The van der Waals surface area contributed by atoms with Gasteiger partial charge >= 0.3 is 12.3 Å². The molecule has 1 heterocycles. The molecule has 208 valence electrons. The molecule has 0 aliphatic heterocycles. The van der Waals surface area contributed by atoms with Crippen molar-refractivity contribution in [2.24, 2.45) is 0 Å². The molecule has 0 radical (unpaired) electrons. The van der Waals surface area contributed by atoms with Gasteiger partial charge in [0.2, 0.25) is 0 Å². The van der Waals surface area contributed by atoms with E-state index in [0.717, 1.165) is 16.8 Å². The van der Waals surface area contributed by atoms with E-state index in [0.29, 0.717) is 28.4 Å². The number of carbonyl (C=O) groups is 2. The SMILES string of the molecule is CC(c1ccc(Cl)cc1)c1cc(-c2ccc(OC(F)(F)F)cc2)n(Cc2ccc(C(=O)NCCC(=O)O)cc2)n1. The molecule has 11 heteroatoms. The quantitative estimate of drug-likeness (QED) is 0.226. The van der Waals surface area contributed by atoms with Crippen LogP contribution in [-0.4, -0.2) is 39.7 Å². The lowest BCUT2D eigenvalue weighted by Crippen LogP contribution is -2.25. The first-order chi connectivity index (χ1) is 19.0. The molecular weight excluding hydrogens is 547 g/mol. The minimum Gasteiger partial charge on any atom is -0.481 e. The zero-order valence-corrected chi connectivity index (χ0v) is 22.0. The maximum Gasteiger partial charge on any atom is 0.573 e. The van der Waals surface area contributed by atoms with Crippen molar-refractivity contribution >= 4 is 23.5 Å². The molecule has 2 N–H and O–H groups in total. The molecule has 1 amide bonds. The molecule has 4 aromatic rings. The molecule has 7 nitrogen and oxygen atoms in total. The summed E-state index contributed by atoms with van der Waals surface area (Å²) < 4.78 is 43.6. The van der Waals surface area contributed by atoms with E-state index in [-0.39, 0.29) is 30.5 Å². The fourth-order valence-electron chi connectivity index (χ4n) is 4.07. The Hall–Kier alpha value is -4.31. The molecular formula is C29H25ClF3N3O4. The highest BCUT2D eigenvalue weighted by atomic mass is 35.5. The lowest BCUT2D eigenvalue weighted by Gasteiger charge is -2.11. The van der Waals surface area contributed by atoms with Crippen LogP contribution in [0.4, 0.5) is 13.2 Å². The summed E-state index contributed by atoms with van der Waals surface area (Å²) in [5.74, 6) is -1.80.